The summed E-state index contributed by atoms with van der Waals surface area (Å²) in [5, 5.41) is 3.37. The van der Waals surface area contributed by atoms with Crippen molar-refractivity contribution in [2.75, 3.05) is 36.4 Å². The quantitative estimate of drug-likeness (QED) is 0.727. The van der Waals surface area contributed by atoms with Crippen LogP contribution < -0.4 is 10.2 Å². The molecule has 0 spiro atoms. The van der Waals surface area contributed by atoms with Crippen LogP contribution >= 0.6 is 0 Å². The Labute approximate surface area is 167 Å². The minimum absolute atomic E-state index is 0.651. The largest absolute Gasteiger partial charge is 0.354 e. The molecule has 0 aliphatic carbocycles. The number of benzene rings is 2. The van der Waals surface area contributed by atoms with E-state index in [0.717, 1.165) is 44.2 Å². The lowest BCUT2D eigenvalue weighted by atomic mass is 10.1. The van der Waals surface area contributed by atoms with Crippen molar-refractivity contribution in [3.05, 3.63) is 77.5 Å². The van der Waals surface area contributed by atoms with E-state index in [1.807, 2.05) is 12.3 Å². The molecule has 0 radical (unpaired) electrons. The number of anilines is 3. The summed E-state index contributed by atoms with van der Waals surface area (Å²) >= 11 is 0. The lowest BCUT2D eigenvalue weighted by Gasteiger charge is -2.35. The Balaban J connectivity index is 1.39. The number of hydrogen-bond acceptors (Lipinski definition) is 5. The second-order valence-electron chi connectivity index (χ2n) is 7.43. The summed E-state index contributed by atoms with van der Waals surface area (Å²) in [6, 6.07) is 19.0. The van der Waals surface area contributed by atoms with Gasteiger partial charge < -0.3 is 10.2 Å². The predicted molar refractivity (Wildman–Crippen MR) is 115 cm³/mol. The van der Waals surface area contributed by atoms with Gasteiger partial charge in [-0.1, -0.05) is 42.5 Å². The van der Waals surface area contributed by atoms with E-state index in [9.17, 15) is 0 Å². The van der Waals surface area contributed by atoms with E-state index in [4.69, 9.17) is 4.98 Å². The molecule has 5 heteroatoms. The molecule has 1 aromatic heterocycles. The molecule has 1 fully saturated rings. The molecular formula is C23H27N5. The summed E-state index contributed by atoms with van der Waals surface area (Å²) in [6.07, 6.45) is 1.84. The Kier molecular flexibility index (Phi) is 5.53. The van der Waals surface area contributed by atoms with Crippen molar-refractivity contribution in [1.82, 2.24) is 14.9 Å². The highest BCUT2D eigenvalue weighted by Gasteiger charge is 2.18. The summed E-state index contributed by atoms with van der Waals surface area (Å²) in [5.74, 6) is 1.64. The molecular weight excluding hydrogens is 346 g/mol. The summed E-state index contributed by atoms with van der Waals surface area (Å²) in [4.78, 5) is 14.0. The Bertz CT molecular complexity index is 917. The molecule has 0 saturated carbocycles. The van der Waals surface area contributed by atoms with E-state index < -0.39 is 0 Å². The van der Waals surface area contributed by atoms with Crippen molar-refractivity contribution < 1.29 is 0 Å². The minimum atomic E-state index is 0.651. The van der Waals surface area contributed by atoms with Crippen LogP contribution in [-0.4, -0.2) is 41.0 Å². The molecule has 1 saturated heterocycles. The Morgan fingerprint density at radius 1 is 0.929 bits per heavy atom. The van der Waals surface area contributed by atoms with Gasteiger partial charge in [-0.05, 0) is 42.7 Å². The normalized spacial score (nSPS) is 14.9. The number of nitrogens with one attached hydrogen (secondary N) is 1. The fourth-order valence-corrected chi connectivity index (χ4v) is 3.55. The van der Waals surface area contributed by atoms with E-state index >= 15 is 0 Å². The summed E-state index contributed by atoms with van der Waals surface area (Å²) in [5.41, 5.74) is 4.84. The van der Waals surface area contributed by atoms with Gasteiger partial charge in [0.2, 0.25) is 5.95 Å². The van der Waals surface area contributed by atoms with Crippen LogP contribution in [0.1, 0.15) is 16.7 Å². The van der Waals surface area contributed by atoms with Gasteiger partial charge in [0.15, 0.2) is 0 Å². The minimum Gasteiger partial charge on any atom is -0.354 e. The highest BCUT2D eigenvalue weighted by molar-refractivity contribution is 5.60. The molecule has 4 rings (SSSR count). The second-order valence-corrected chi connectivity index (χ2v) is 7.43. The first-order valence-corrected chi connectivity index (χ1v) is 9.86. The maximum Gasteiger partial charge on any atom is 0.229 e. The summed E-state index contributed by atoms with van der Waals surface area (Å²) in [7, 11) is 0. The van der Waals surface area contributed by atoms with Crippen molar-refractivity contribution in [2.45, 2.75) is 20.4 Å². The lowest BCUT2D eigenvalue weighted by molar-refractivity contribution is 0.249. The first-order valence-electron chi connectivity index (χ1n) is 9.86. The van der Waals surface area contributed by atoms with Crippen molar-refractivity contribution >= 4 is 17.5 Å². The van der Waals surface area contributed by atoms with E-state index in [2.05, 4.69) is 82.5 Å². The van der Waals surface area contributed by atoms with Crippen LogP contribution in [0.2, 0.25) is 0 Å². The molecule has 1 aliphatic rings. The van der Waals surface area contributed by atoms with Crippen LogP contribution in [-0.2, 0) is 6.54 Å². The van der Waals surface area contributed by atoms with Crippen LogP contribution in [0.5, 0.6) is 0 Å². The fourth-order valence-electron chi connectivity index (χ4n) is 3.55. The van der Waals surface area contributed by atoms with Crippen LogP contribution in [0.3, 0.4) is 0 Å². The molecule has 1 aliphatic heterocycles. The van der Waals surface area contributed by atoms with Crippen molar-refractivity contribution in [3.63, 3.8) is 0 Å². The van der Waals surface area contributed by atoms with Gasteiger partial charge in [0.05, 0.1) is 0 Å². The van der Waals surface area contributed by atoms with Crippen LogP contribution in [0.25, 0.3) is 0 Å². The van der Waals surface area contributed by atoms with Gasteiger partial charge in [0.1, 0.15) is 5.82 Å². The third kappa shape index (κ3) is 4.49. The van der Waals surface area contributed by atoms with Gasteiger partial charge in [-0.2, -0.15) is 4.98 Å². The fraction of sp³-hybridized carbons (Fsp3) is 0.304. The lowest BCUT2D eigenvalue weighted by Crippen LogP contribution is -2.46. The standard InChI is InChI=1S/C23H27N5/c1-18-8-9-19(2)21(16-18)25-23-24-11-10-22(26-23)28-14-12-27(13-15-28)17-20-6-4-3-5-7-20/h3-11,16H,12-15,17H2,1-2H3,(H,24,25,26). The molecule has 1 N–H and O–H groups in total. The molecule has 28 heavy (non-hydrogen) atoms. The number of hydrogen-bond donors (Lipinski definition) is 1. The zero-order chi connectivity index (χ0) is 19.3. The molecule has 0 atom stereocenters. The average Bonchev–Trinajstić information content (AvgIpc) is 2.72. The highest BCUT2D eigenvalue weighted by Crippen LogP contribution is 2.22. The van der Waals surface area contributed by atoms with Gasteiger partial charge >= 0.3 is 0 Å². The molecule has 2 aromatic carbocycles. The first-order chi connectivity index (χ1) is 13.7. The number of piperazine rings is 1. The van der Waals surface area contributed by atoms with Gasteiger partial charge in [0, 0.05) is 44.6 Å². The van der Waals surface area contributed by atoms with E-state index in [1.165, 1.54) is 16.7 Å². The zero-order valence-electron chi connectivity index (χ0n) is 16.6. The number of nitrogens with zero attached hydrogens (tertiary/aromatic N) is 4. The second kappa shape index (κ2) is 8.40. The number of aryl methyl sites for hydroxylation is 2. The monoisotopic (exact) mass is 373 g/mol. The van der Waals surface area contributed by atoms with E-state index in [-0.39, 0.29) is 0 Å². The summed E-state index contributed by atoms with van der Waals surface area (Å²) < 4.78 is 0. The molecule has 0 unspecified atom stereocenters. The molecule has 0 bridgehead atoms. The Hall–Kier alpha value is -2.92. The first kappa shape index (κ1) is 18.4. The molecule has 3 aromatic rings. The Morgan fingerprint density at radius 2 is 1.71 bits per heavy atom. The van der Waals surface area contributed by atoms with Crippen LogP contribution in [0.4, 0.5) is 17.5 Å². The third-order valence-electron chi connectivity index (χ3n) is 5.23. The molecule has 144 valence electrons. The van der Waals surface area contributed by atoms with Crippen molar-refractivity contribution in [1.29, 1.82) is 0 Å². The van der Waals surface area contributed by atoms with Crippen LogP contribution in [0, 0.1) is 13.8 Å². The zero-order valence-corrected chi connectivity index (χ0v) is 16.6. The molecule has 2 heterocycles. The molecule has 0 amide bonds. The van der Waals surface area contributed by atoms with Gasteiger partial charge in [-0.15, -0.1) is 0 Å². The van der Waals surface area contributed by atoms with E-state index in [0.29, 0.717) is 5.95 Å². The topological polar surface area (TPSA) is 44.3 Å². The maximum absolute atomic E-state index is 4.76. The molecule has 5 nitrogen and oxygen atoms in total. The van der Waals surface area contributed by atoms with E-state index in [1.54, 1.807) is 0 Å². The van der Waals surface area contributed by atoms with Gasteiger partial charge in [-0.3, -0.25) is 4.90 Å². The average molecular weight is 374 g/mol. The van der Waals surface area contributed by atoms with Gasteiger partial charge in [-0.25, -0.2) is 4.98 Å². The van der Waals surface area contributed by atoms with Crippen molar-refractivity contribution in [3.8, 4) is 0 Å². The maximum atomic E-state index is 4.76. The SMILES string of the molecule is Cc1ccc(C)c(Nc2nccc(N3CCN(Cc4ccccc4)CC3)n2)c1. The van der Waals surface area contributed by atoms with Gasteiger partial charge in [0.25, 0.3) is 0 Å². The number of aromatic nitrogens is 2. The van der Waals surface area contributed by atoms with Crippen molar-refractivity contribution in [2.24, 2.45) is 0 Å². The highest BCUT2D eigenvalue weighted by atomic mass is 15.3. The Morgan fingerprint density at radius 3 is 2.50 bits per heavy atom. The number of rotatable bonds is 5. The predicted octanol–water partition coefficient (Wildman–Crippen LogP) is 4.16. The smallest absolute Gasteiger partial charge is 0.229 e. The third-order valence-corrected chi connectivity index (χ3v) is 5.23. The van der Waals surface area contributed by atoms with Crippen LogP contribution in [0.15, 0.2) is 60.8 Å². The summed E-state index contributed by atoms with van der Waals surface area (Å²) in [6.45, 7) is 9.24.